The lowest BCUT2D eigenvalue weighted by Gasteiger charge is -2.16. The van der Waals surface area contributed by atoms with Crippen LogP contribution in [0, 0.1) is 0 Å². The average Bonchev–Trinajstić information content (AvgIpc) is 3.04. The fourth-order valence-corrected chi connectivity index (χ4v) is 2.24. The van der Waals surface area contributed by atoms with E-state index in [0.717, 1.165) is 18.4 Å². The second-order valence-corrected chi connectivity index (χ2v) is 5.03. The summed E-state index contributed by atoms with van der Waals surface area (Å²) in [5, 5.41) is 12.4. The van der Waals surface area contributed by atoms with Crippen molar-refractivity contribution in [3.63, 3.8) is 0 Å². The highest BCUT2D eigenvalue weighted by atomic mass is 16.6. The van der Waals surface area contributed by atoms with E-state index >= 15 is 0 Å². The molecular formula is C15H20N2O5. The zero-order chi connectivity index (χ0) is 15.9. The average molecular weight is 308 g/mol. The number of benzene rings is 1. The first kappa shape index (κ1) is 15.9. The van der Waals surface area contributed by atoms with E-state index in [0.29, 0.717) is 26.1 Å². The van der Waals surface area contributed by atoms with Crippen LogP contribution >= 0.6 is 0 Å². The second-order valence-electron chi connectivity index (χ2n) is 5.03. The summed E-state index contributed by atoms with van der Waals surface area (Å²) in [6, 6.07) is 4.78. The summed E-state index contributed by atoms with van der Waals surface area (Å²) in [6.45, 7) is 1.75. The van der Waals surface area contributed by atoms with Crippen LogP contribution in [0.4, 0.5) is 9.59 Å². The van der Waals surface area contributed by atoms with Crippen molar-refractivity contribution < 1.29 is 24.2 Å². The van der Waals surface area contributed by atoms with Crippen molar-refractivity contribution in [2.75, 3.05) is 26.7 Å². The smallest absolute Gasteiger partial charge is 0.415 e. The third-order valence-corrected chi connectivity index (χ3v) is 3.45. The molecular weight excluding hydrogens is 288 g/mol. The Balaban J connectivity index is 1.94. The highest BCUT2D eigenvalue weighted by Gasteiger charge is 2.21. The Morgan fingerprint density at radius 1 is 1.32 bits per heavy atom. The maximum absolute atomic E-state index is 11.9. The molecule has 1 aliphatic heterocycles. The molecule has 120 valence electrons. The van der Waals surface area contributed by atoms with E-state index in [9.17, 15) is 14.7 Å². The standard InChI is InChI=1S/C15H20N2O5/c1-21-14(19)16-7-6-11-4-5-12(18)13(10-11)22-15(20)17-8-2-3-9-17/h4-5,10,18H,2-3,6-9H2,1H3,(H,16,19). The number of hydrogen-bond acceptors (Lipinski definition) is 5. The van der Waals surface area contributed by atoms with Crippen LogP contribution in [0.3, 0.4) is 0 Å². The number of hydrogen-bond donors (Lipinski definition) is 2. The molecule has 7 heteroatoms. The number of rotatable bonds is 4. The maximum Gasteiger partial charge on any atom is 0.415 e. The molecule has 0 atom stereocenters. The van der Waals surface area contributed by atoms with E-state index in [4.69, 9.17) is 4.74 Å². The lowest BCUT2D eigenvalue weighted by Crippen LogP contribution is -2.30. The van der Waals surface area contributed by atoms with Crippen LogP contribution in [0.5, 0.6) is 11.5 Å². The molecule has 0 spiro atoms. The van der Waals surface area contributed by atoms with Crippen molar-refractivity contribution in [1.29, 1.82) is 0 Å². The van der Waals surface area contributed by atoms with Crippen LogP contribution in [0.25, 0.3) is 0 Å². The first-order valence-corrected chi connectivity index (χ1v) is 7.20. The fourth-order valence-electron chi connectivity index (χ4n) is 2.24. The number of nitrogens with zero attached hydrogens (tertiary/aromatic N) is 1. The molecule has 0 radical (unpaired) electrons. The number of carbonyl (C=O) groups is 2. The zero-order valence-corrected chi connectivity index (χ0v) is 12.5. The van der Waals surface area contributed by atoms with E-state index in [2.05, 4.69) is 10.1 Å². The minimum Gasteiger partial charge on any atom is -0.504 e. The summed E-state index contributed by atoms with van der Waals surface area (Å²) in [4.78, 5) is 24.5. The number of carbonyl (C=O) groups excluding carboxylic acids is 2. The number of nitrogens with one attached hydrogen (secondary N) is 1. The molecule has 0 saturated carbocycles. The van der Waals surface area contributed by atoms with Gasteiger partial charge in [0.25, 0.3) is 0 Å². The maximum atomic E-state index is 11.9. The molecule has 0 aromatic heterocycles. The van der Waals surface area contributed by atoms with Gasteiger partial charge in [-0.05, 0) is 37.0 Å². The van der Waals surface area contributed by atoms with Gasteiger partial charge >= 0.3 is 12.2 Å². The van der Waals surface area contributed by atoms with E-state index in [-0.39, 0.29) is 11.5 Å². The molecule has 22 heavy (non-hydrogen) atoms. The Morgan fingerprint density at radius 3 is 2.73 bits per heavy atom. The Bertz CT molecular complexity index is 541. The number of amides is 2. The topological polar surface area (TPSA) is 88.1 Å². The molecule has 1 aromatic carbocycles. The number of phenols is 1. The van der Waals surface area contributed by atoms with E-state index in [1.165, 1.54) is 13.2 Å². The van der Waals surface area contributed by atoms with Crippen molar-refractivity contribution in [1.82, 2.24) is 10.2 Å². The summed E-state index contributed by atoms with van der Waals surface area (Å²) >= 11 is 0. The number of likely N-dealkylation sites (tertiary alicyclic amines) is 1. The van der Waals surface area contributed by atoms with Gasteiger partial charge in [-0.2, -0.15) is 0 Å². The van der Waals surface area contributed by atoms with Gasteiger partial charge in [0.05, 0.1) is 7.11 Å². The Kier molecular flexibility index (Phi) is 5.46. The molecule has 0 bridgehead atoms. The monoisotopic (exact) mass is 308 g/mol. The van der Waals surface area contributed by atoms with Gasteiger partial charge in [0.2, 0.25) is 0 Å². The van der Waals surface area contributed by atoms with Crippen LogP contribution < -0.4 is 10.1 Å². The number of ether oxygens (including phenoxy) is 2. The highest BCUT2D eigenvalue weighted by molar-refractivity contribution is 5.72. The largest absolute Gasteiger partial charge is 0.504 e. The van der Waals surface area contributed by atoms with Gasteiger partial charge in [-0.1, -0.05) is 6.07 Å². The lowest BCUT2D eigenvalue weighted by atomic mass is 10.1. The molecule has 1 aliphatic rings. The number of methoxy groups -OCH3 is 1. The van der Waals surface area contributed by atoms with Gasteiger partial charge in [-0.25, -0.2) is 9.59 Å². The summed E-state index contributed by atoms with van der Waals surface area (Å²) in [7, 11) is 1.30. The van der Waals surface area contributed by atoms with Crippen LogP contribution in [-0.2, 0) is 11.2 Å². The quantitative estimate of drug-likeness (QED) is 0.886. The number of aromatic hydroxyl groups is 1. The first-order valence-electron chi connectivity index (χ1n) is 7.20. The van der Waals surface area contributed by atoms with Gasteiger partial charge in [-0.3, -0.25) is 0 Å². The van der Waals surface area contributed by atoms with Crippen molar-refractivity contribution in [2.45, 2.75) is 19.3 Å². The van der Waals surface area contributed by atoms with Crippen molar-refractivity contribution in [3.05, 3.63) is 23.8 Å². The normalized spacial score (nSPS) is 13.8. The second kappa shape index (κ2) is 7.53. The molecule has 0 unspecified atom stereocenters. The molecule has 1 aromatic rings. The molecule has 0 aliphatic carbocycles. The Hall–Kier alpha value is -2.44. The SMILES string of the molecule is COC(=O)NCCc1ccc(O)c(OC(=O)N2CCCC2)c1. The minimum atomic E-state index is -0.500. The third kappa shape index (κ3) is 4.28. The summed E-state index contributed by atoms with van der Waals surface area (Å²) < 4.78 is 9.72. The zero-order valence-electron chi connectivity index (χ0n) is 12.5. The van der Waals surface area contributed by atoms with Crippen LogP contribution in [0.1, 0.15) is 18.4 Å². The van der Waals surface area contributed by atoms with Gasteiger partial charge in [-0.15, -0.1) is 0 Å². The van der Waals surface area contributed by atoms with Gasteiger partial charge in [0.1, 0.15) is 0 Å². The molecule has 1 saturated heterocycles. The van der Waals surface area contributed by atoms with Crippen LogP contribution in [0.2, 0.25) is 0 Å². The van der Waals surface area contributed by atoms with Crippen molar-refractivity contribution in [2.24, 2.45) is 0 Å². The fraction of sp³-hybridized carbons (Fsp3) is 0.467. The summed E-state index contributed by atoms with van der Waals surface area (Å²) in [6.07, 6.45) is 1.53. The highest BCUT2D eigenvalue weighted by Crippen LogP contribution is 2.28. The Labute approximate surface area is 128 Å². The molecule has 2 amide bonds. The lowest BCUT2D eigenvalue weighted by molar-refractivity contribution is 0.161. The summed E-state index contributed by atoms with van der Waals surface area (Å²) in [5.74, 6) is 0.0460. The number of phenolic OH excluding ortho intramolecular Hbond substituents is 1. The van der Waals surface area contributed by atoms with Crippen LogP contribution in [0.15, 0.2) is 18.2 Å². The van der Waals surface area contributed by atoms with Gasteiger partial charge < -0.3 is 24.8 Å². The first-order chi connectivity index (χ1) is 10.6. The van der Waals surface area contributed by atoms with Gasteiger partial charge in [0, 0.05) is 19.6 Å². The molecule has 1 fully saturated rings. The summed E-state index contributed by atoms with van der Waals surface area (Å²) in [5.41, 5.74) is 0.832. The van der Waals surface area contributed by atoms with E-state index < -0.39 is 12.2 Å². The molecule has 7 nitrogen and oxygen atoms in total. The minimum absolute atomic E-state index is 0.0859. The third-order valence-electron chi connectivity index (χ3n) is 3.45. The molecule has 2 rings (SSSR count). The Morgan fingerprint density at radius 2 is 2.05 bits per heavy atom. The number of alkyl carbamates (subject to hydrolysis) is 1. The predicted octanol–water partition coefficient (Wildman–Crippen LogP) is 1.89. The molecule has 1 heterocycles. The molecule has 2 N–H and O–H groups in total. The van der Waals surface area contributed by atoms with E-state index in [1.54, 1.807) is 17.0 Å². The predicted molar refractivity (Wildman–Crippen MR) is 79.0 cm³/mol. The van der Waals surface area contributed by atoms with Crippen molar-refractivity contribution in [3.8, 4) is 11.5 Å². The van der Waals surface area contributed by atoms with Crippen LogP contribution in [-0.4, -0.2) is 48.9 Å². The van der Waals surface area contributed by atoms with Crippen molar-refractivity contribution >= 4 is 12.2 Å². The van der Waals surface area contributed by atoms with E-state index in [1.807, 2.05) is 0 Å². The van der Waals surface area contributed by atoms with Gasteiger partial charge in [0.15, 0.2) is 11.5 Å².